The van der Waals surface area contributed by atoms with E-state index in [1.165, 1.54) is 6.42 Å². The predicted molar refractivity (Wildman–Crippen MR) is 55.3 cm³/mol. The molecule has 0 unspecified atom stereocenters. The second kappa shape index (κ2) is 30.7. The van der Waals surface area contributed by atoms with Gasteiger partial charge in [0.05, 0.1) is 0 Å². The van der Waals surface area contributed by atoms with E-state index in [1.807, 2.05) is 20.8 Å². The first kappa shape index (κ1) is 17.9. The molecular weight excluding hydrogens is 152 g/mol. The van der Waals surface area contributed by atoms with E-state index in [0.29, 0.717) is 13.2 Å². The second-order valence-corrected chi connectivity index (χ2v) is 2.15. The molecule has 0 saturated heterocycles. The van der Waals surface area contributed by atoms with E-state index in [0.717, 1.165) is 19.3 Å². The molecule has 2 N–H and O–H groups in total. The van der Waals surface area contributed by atoms with E-state index in [2.05, 4.69) is 6.92 Å². The molecule has 78 valence electrons. The van der Waals surface area contributed by atoms with Crippen LogP contribution in [-0.4, -0.2) is 23.4 Å². The van der Waals surface area contributed by atoms with E-state index >= 15 is 0 Å². The molecule has 2 nitrogen and oxygen atoms in total. The molecule has 0 atom stereocenters. The lowest BCUT2D eigenvalue weighted by molar-refractivity contribution is 0.284. The van der Waals surface area contributed by atoms with Gasteiger partial charge >= 0.3 is 0 Å². The third kappa shape index (κ3) is 51.4. The van der Waals surface area contributed by atoms with Crippen LogP contribution in [0.5, 0.6) is 0 Å². The lowest BCUT2D eigenvalue weighted by Crippen LogP contribution is -1.78. The van der Waals surface area contributed by atoms with Gasteiger partial charge in [-0.3, -0.25) is 0 Å². The van der Waals surface area contributed by atoms with Gasteiger partial charge in [-0.2, -0.15) is 0 Å². The second-order valence-electron chi connectivity index (χ2n) is 2.15. The Morgan fingerprint density at radius 2 is 1.17 bits per heavy atom. The maximum atomic E-state index is 8.20. The Morgan fingerprint density at radius 1 is 0.750 bits per heavy atom. The summed E-state index contributed by atoms with van der Waals surface area (Å²) in [7, 11) is 0. The first-order valence-corrected chi connectivity index (χ1v) is 5.05. The van der Waals surface area contributed by atoms with Gasteiger partial charge in [-0.1, -0.05) is 40.5 Å². The Hall–Kier alpha value is -0.0800. The molecule has 0 radical (unpaired) electrons. The first-order valence-electron chi connectivity index (χ1n) is 5.05. The van der Waals surface area contributed by atoms with E-state index in [1.54, 1.807) is 0 Å². The van der Waals surface area contributed by atoms with Crippen molar-refractivity contribution < 1.29 is 10.2 Å². The van der Waals surface area contributed by atoms with E-state index < -0.39 is 0 Å². The lowest BCUT2D eigenvalue weighted by atomic mass is 10.3. The molecule has 12 heavy (non-hydrogen) atoms. The molecule has 0 aliphatic heterocycles. The molecule has 0 rings (SSSR count). The van der Waals surface area contributed by atoms with Crippen molar-refractivity contribution >= 4 is 0 Å². The Bertz CT molecular complexity index is 32.8. The maximum Gasteiger partial charge on any atom is 0.0431 e. The summed E-state index contributed by atoms with van der Waals surface area (Å²) >= 11 is 0. The van der Waals surface area contributed by atoms with Gasteiger partial charge < -0.3 is 10.2 Å². The van der Waals surface area contributed by atoms with Gasteiger partial charge in [-0.25, -0.2) is 0 Å². The van der Waals surface area contributed by atoms with Crippen molar-refractivity contribution in [3.05, 3.63) is 0 Å². The number of hydrogen-bond donors (Lipinski definition) is 2. The fraction of sp³-hybridized carbons (Fsp3) is 1.00. The SMILES string of the molecule is CC.CCCCCO.CCCO. The summed E-state index contributed by atoms with van der Waals surface area (Å²) in [6.45, 7) is 8.73. The number of aliphatic hydroxyl groups excluding tert-OH is 2. The smallest absolute Gasteiger partial charge is 0.0431 e. The van der Waals surface area contributed by atoms with Gasteiger partial charge in [0.1, 0.15) is 0 Å². The van der Waals surface area contributed by atoms with Gasteiger partial charge in [0, 0.05) is 13.2 Å². The molecule has 0 amide bonds. The van der Waals surface area contributed by atoms with Crippen molar-refractivity contribution in [2.75, 3.05) is 13.2 Å². The first-order chi connectivity index (χ1) is 5.83. The minimum Gasteiger partial charge on any atom is -0.396 e. The zero-order valence-electron chi connectivity index (χ0n) is 9.14. The summed E-state index contributed by atoms with van der Waals surface area (Å²) in [5.41, 5.74) is 0. The third-order valence-corrected chi connectivity index (χ3v) is 0.985. The maximum absolute atomic E-state index is 8.20. The molecule has 2 heteroatoms. The minimum atomic E-state index is 0.319. The summed E-state index contributed by atoms with van der Waals surface area (Å²) in [5, 5.41) is 16.1. The van der Waals surface area contributed by atoms with Crippen LogP contribution in [-0.2, 0) is 0 Å². The van der Waals surface area contributed by atoms with Crippen LogP contribution >= 0.6 is 0 Å². The van der Waals surface area contributed by atoms with Gasteiger partial charge in [0.15, 0.2) is 0 Å². The Morgan fingerprint density at radius 3 is 1.25 bits per heavy atom. The number of hydrogen-bond acceptors (Lipinski definition) is 2. The summed E-state index contributed by atoms with van der Waals surface area (Å²) in [6.07, 6.45) is 4.20. The zero-order chi connectivity index (χ0) is 10.2. The van der Waals surface area contributed by atoms with Crippen LogP contribution in [0.4, 0.5) is 0 Å². The Balaban J connectivity index is -0.000000118. The molecule has 0 fully saturated rings. The number of rotatable bonds is 4. The molecular formula is C10H26O2. The average Bonchev–Trinajstić information content (AvgIpc) is 2.18. The molecule has 0 spiro atoms. The van der Waals surface area contributed by atoms with Crippen LogP contribution in [0, 0.1) is 0 Å². The van der Waals surface area contributed by atoms with Crippen molar-refractivity contribution in [3.8, 4) is 0 Å². The number of aliphatic hydroxyl groups is 2. The highest BCUT2D eigenvalue weighted by Gasteiger charge is 1.76. The van der Waals surface area contributed by atoms with Crippen LogP contribution in [0.15, 0.2) is 0 Å². The van der Waals surface area contributed by atoms with E-state index in [4.69, 9.17) is 10.2 Å². The largest absolute Gasteiger partial charge is 0.396 e. The fourth-order valence-corrected chi connectivity index (χ4v) is 0.362. The van der Waals surface area contributed by atoms with E-state index in [-0.39, 0.29) is 0 Å². The topological polar surface area (TPSA) is 40.5 Å². The summed E-state index contributed by atoms with van der Waals surface area (Å²) in [6, 6.07) is 0. The number of unbranched alkanes of at least 4 members (excludes halogenated alkanes) is 2. The Labute approximate surface area is 77.6 Å². The van der Waals surface area contributed by atoms with Gasteiger partial charge in [0.2, 0.25) is 0 Å². The Kier molecular flexibility index (Phi) is 45.6. The third-order valence-electron chi connectivity index (χ3n) is 0.985. The van der Waals surface area contributed by atoms with Crippen LogP contribution in [0.3, 0.4) is 0 Å². The highest BCUT2D eigenvalue weighted by Crippen LogP contribution is 1.89. The predicted octanol–water partition coefficient (Wildman–Crippen LogP) is 2.58. The monoisotopic (exact) mass is 178 g/mol. The van der Waals surface area contributed by atoms with Crippen LogP contribution in [0.25, 0.3) is 0 Å². The normalized spacial score (nSPS) is 7.50. The van der Waals surface area contributed by atoms with Crippen molar-refractivity contribution in [2.24, 2.45) is 0 Å². The van der Waals surface area contributed by atoms with Gasteiger partial charge in [-0.05, 0) is 12.8 Å². The zero-order valence-corrected chi connectivity index (χ0v) is 9.14. The highest BCUT2D eigenvalue weighted by molar-refractivity contribution is 4.30. The van der Waals surface area contributed by atoms with Crippen LogP contribution < -0.4 is 0 Å². The molecule has 0 aromatic carbocycles. The summed E-state index contributed by atoms with van der Waals surface area (Å²) in [4.78, 5) is 0. The standard InChI is InChI=1S/C5H12O.C3H8O.C2H6/c1-2-3-4-5-6;1-2-3-4;1-2/h6H,2-5H2,1H3;4H,2-3H2,1H3;1-2H3. The van der Waals surface area contributed by atoms with Crippen molar-refractivity contribution in [3.63, 3.8) is 0 Å². The quantitative estimate of drug-likeness (QED) is 0.650. The average molecular weight is 178 g/mol. The summed E-state index contributed by atoms with van der Waals surface area (Å²) in [5.74, 6) is 0. The van der Waals surface area contributed by atoms with Crippen LogP contribution in [0.2, 0.25) is 0 Å². The molecule has 0 aromatic rings. The van der Waals surface area contributed by atoms with Gasteiger partial charge in [0.25, 0.3) is 0 Å². The van der Waals surface area contributed by atoms with Crippen LogP contribution in [0.1, 0.15) is 53.4 Å². The molecule has 0 heterocycles. The molecule has 0 aromatic heterocycles. The summed E-state index contributed by atoms with van der Waals surface area (Å²) < 4.78 is 0. The van der Waals surface area contributed by atoms with Crippen molar-refractivity contribution in [2.45, 2.75) is 53.4 Å². The van der Waals surface area contributed by atoms with E-state index in [9.17, 15) is 0 Å². The highest BCUT2D eigenvalue weighted by atomic mass is 16.3. The van der Waals surface area contributed by atoms with Gasteiger partial charge in [-0.15, -0.1) is 0 Å². The molecule has 0 aliphatic rings. The molecule has 0 aliphatic carbocycles. The lowest BCUT2D eigenvalue weighted by Gasteiger charge is -1.85. The fourth-order valence-electron chi connectivity index (χ4n) is 0.362. The molecule has 0 saturated carbocycles. The van der Waals surface area contributed by atoms with Crippen molar-refractivity contribution in [1.82, 2.24) is 0 Å². The minimum absolute atomic E-state index is 0.319. The molecule has 0 bridgehead atoms. The van der Waals surface area contributed by atoms with Crippen molar-refractivity contribution in [1.29, 1.82) is 0 Å².